The maximum absolute atomic E-state index is 2.51. The lowest BCUT2D eigenvalue weighted by Gasteiger charge is -2.24. The molecule has 1 aliphatic carbocycles. The first-order valence-corrected chi connectivity index (χ1v) is 16.6. The Bertz CT molecular complexity index is 2690. The molecule has 0 amide bonds. The van der Waals surface area contributed by atoms with E-state index in [0.29, 0.717) is 0 Å². The van der Waals surface area contributed by atoms with E-state index in [4.69, 9.17) is 0 Å². The van der Waals surface area contributed by atoms with Gasteiger partial charge in [0.05, 0.1) is 0 Å². The Kier molecular flexibility index (Phi) is 5.44. The third-order valence-electron chi connectivity index (χ3n) is 10.7. The fourth-order valence-corrected chi connectivity index (χ4v) is 8.50. The molecule has 0 nitrogen and oxygen atoms in total. The molecule has 0 heteroatoms. The van der Waals surface area contributed by atoms with Gasteiger partial charge in [0.15, 0.2) is 0 Å². The van der Waals surface area contributed by atoms with Crippen LogP contribution in [0.2, 0.25) is 0 Å². The van der Waals surface area contributed by atoms with Crippen LogP contribution in [0.15, 0.2) is 158 Å². The highest BCUT2D eigenvalue weighted by atomic mass is 14.4. The minimum absolute atomic E-state index is 0.127. The summed E-state index contributed by atoms with van der Waals surface area (Å²) in [6.45, 7) is 4.82. The predicted octanol–water partition coefficient (Wildman–Crippen LogP) is 13.1. The van der Waals surface area contributed by atoms with E-state index in [-0.39, 0.29) is 5.41 Å². The molecule has 0 bridgehead atoms. The molecule has 0 saturated heterocycles. The van der Waals surface area contributed by atoms with E-state index in [2.05, 4.69) is 172 Å². The zero-order valence-electron chi connectivity index (χ0n) is 26.5. The van der Waals surface area contributed by atoms with Crippen molar-refractivity contribution in [3.05, 3.63) is 169 Å². The molecule has 10 rings (SSSR count). The van der Waals surface area contributed by atoms with Crippen LogP contribution in [0.25, 0.3) is 87.2 Å². The van der Waals surface area contributed by atoms with Gasteiger partial charge in [-0.1, -0.05) is 141 Å². The SMILES string of the molecule is CC1(C)c2cc(-c3ccccc3)cc3ccc4cc(-c5c6ccccc6c(-c6ccc7ccccc7c6)c6ccccc56)cc1c4c23. The van der Waals surface area contributed by atoms with E-state index < -0.39 is 0 Å². The minimum Gasteiger partial charge on any atom is -0.0622 e. The van der Waals surface area contributed by atoms with Crippen LogP contribution in [0.4, 0.5) is 0 Å². The number of rotatable bonds is 3. The van der Waals surface area contributed by atoms with Crippen LogP contribution >= 0.6 is 0 Å². The fourth-order valence-electron chi connectivity index (χ4n) is 8.50. The fraction of sp³-hybridized carbons (Fsp3) is 0.0638. The molecule has 0 heterocycles. The Balaban J connectivity index is 1.25. The number of fused-ring (bicyclic) bond motifs is 3. The monoisotopic (exact) mass is 596 g/mol. The summed E-state index contributed by atoms with van der Waals surface area (Å²) in [4.78, 5) is 0. The van der Waals surface area contributed by atoms with Gasteiger partial charge in [0.2, 0.25) is 0 Å². The van der Waals surface area contributed by atoms with Gasteiger partial charge in [-0.05, 0) is 129 Å². The molecule has 47 heavy (non-hydrogen) atoms. The van der Waals surface area contributed by atoms with Crippen LogP contribution in [0, 0.1) is 0 Å². The van der Waals surface area contributed by atoms with Crippen molar-refractivity contribution in [1.29, 1.82) is 0 Å². The number of benzene rings is 9. The second-order valence-corrected chi connectivity index (χ2v) is 13.7. The maximum Gasteiger partial charge on any atom is 0.0159 e. The van der Waals surface area contributed by atoms with Crippen LogP contribution in [0.3, 0.4) is 0 Å². The molecule has 0 unspecified atom stereocenters. The van der Waals surface area contributed by atoms with Gasteiger partial charge in [0.1, 0.15) is 0 Å². The van der Waals surface area contributed by atoms with Crippen LogP contribution < -0.4 is 0 Å². The molecule has 0 atom stereocenters. The van der Waals surface area contributed by atoms with Crippen LogP contribution in [-0.4, -0.2) is 0 Å². The Morgan fingerprint density at radius 2 is 0.766 bits per heavy atom. The van der Waals surface area contributed by atoms with Gasteiger partial charge >= 0.3 is 0 Å². The normalized spacial score (nSPS) is 13.5. The molecule has 0 aromatic heterocycles. The second-order valence-electron chi connectivity index (χ2n) is 13.7. The zero-order chi connectivity index (χ0) is 31.3. The highest BCUT2D eigenvalue weighted by Gasteiger charge is 2.35. The summed E-state index contributed by atoms with van der Waals surface area (Å²) in [6.07, 6.45) is 0. The van der Waals surface area contributed by atoms with Crippen molar-refractivity contribution in [1.82, 2.24) is 0 Å². The molecule has 1 aliphatic rings. The second kappa shape index (κ2) is 9.64. The van der Waals surface area contributed by atoms with Gasteiger partial charge in [-0.25, -0.2) is 0 Å². The van der Waals surface area contributed by atoms with Gasteiger partial charge in [0.25, 0.3) is 0 Å². The molecular weight excluding hydrogens is 565 g/mol. The summed E-state index contributed by atoms with van der Waals surface area (Å²) >= 11 is 0. The molecule has 0 aliphatic heterocycles. The molecule has 0 saturated carbocycles. The number of hydrogen-bond acceptors (Lipinski definition) is 0. The van der Waals surface area contributed by atoms with E-state index in [9.17, 15) is 0 Å². The topological polar surface area (TPSA) is 0 Å². The lowest BCUT2D eigenvalue weighted by molar-refractivity contribution is 0.663. The van der Waals surface area contributed by atoms with Gasteiger partial charge in [0, 0.05) is 5.41 Å². The third kappa shape index (κ3) is 3.76. The van der Waals surface area contributed by atoms with Crippen molar-refractivity contribution in [2.75, 3.05) is 0 Å². The molecule has 0 radical (unpaired) electrons. The summed E-state index contributed by atoms with van der Waals surface area (Å²) in [7, 11) is 0. The molecule has 0 fully saturated rings. The van der Waals surface area contributed by atoms with Gasteiger partial charge < -0.3 is 0 Å². The molecule has 0 N–H and O–H groups in total. The highest BCUT2D eigenvalue weighted by Crippen LogP contribution is 2.52. The Morgan fingerprint density at radius 1 is 0.319 bits per heavy atom. The lowest BCUT2D eigenvalue weighted by Crippen LogP contribution is -2.15. The van der Waals surface area contributed by atoms with E-state index in [1.165, 1.54) is 98.4 Å². The van der Waals surface area contributed by atoms with Crippen molar-refractivity contribution in [3.63, 3.8) is 0 Å². The van der Waals surface area contributed by atoms with Gasteiger partial charge in [-0.3, -0.25) is 0 Å². The standard InChI is InChI=1S/C47H32/c1-47(2)41-27-35(29-12-4-3-5-13-29)25-33-22-23-34-26-36(28-42(47)46(34)45(33)41)44-39-18-10-8-16-37(39)43(38-17-9-11-19-40(38)44)32-21-20-30-14-6-7-15-31(30)24-32/h3-28H,1-2H3. The van der Waals surface area contributed by atoms with Crippen LogP contribution in [0.5, 0.6) is 0 Å². The predicted molar refractivity (Wildman–Crippen MR) is 202 cm³/mol. The summed E-state index contributed by atoms with van der Waals surface area (Å²) in [5, 5.41) is 13.2. The minimum atomic E-state index is -0.127. The Labute approximate surface area is 274 Å². The first kappa shape index (κ1) is 26.5. The number of hydrogen-bond donors (Lipinski definition) is 0. The first-order chi connectivity index (χ1) is 23.1. The van der Waals surface area contributed by atoms with Crippen molar-refractivity contribution in [3.8, 4) is 33.4 Å². The third-order valence-corrected chi connectivity index (χ3v) is 10.7. The van der Waals surface area contributed by atoms with Crippen molar-refractivity contribution >= 4 is 53.9 Å². The summed E-state index contributed by atoms with van der Waals surface area (Å²) in [5.74, 6) is 0. The van der Waals surface area contributed by atoms with Crippen LogP contribution in [-0.2, 0) is 5.41 Å². The molecule has 9 aromatic rings. The molecule has 0 spiro atoms. The summed E-state index contributed by atoms with van der Waals surface area (Å²) in [5.41, 5.74) is 10.4. The molecule has 9 aromatic carbocycles. The summed E-state index contributed by atoms with van der Waals surface area (Å²) in [6, 6.07) is 58.8. The smallest absolute Gasteiger partial charge is 0.0159 e. The van der Waals surface area contributed by atoms with Crippen LogP contribution in [0.1, 0.15) is 25.0 Å². The van der Waals surface area contributed by atoms with Crippen molar-refractivity contribution in [2.24, 2.45) is 0 Å². The maximum atomic E-state index is 2.51. The Morgan fingerprint density at radius 3 is 1.38 bits per heavy atom. The Hall–Kier alpha value is -5.72. The van der Waals surface area contributed by atoms with Gasteiger partial charge in [-0.15, -0.1) is 0 Å². The first-order valence-electron chi connectivity index (χ1n) is 16.6. The average Bonchev–Trinajstić information content (AvgIpc) is 3.35. The zero-order valence-corrected chi connectivity index (χ0v) is 26.5. The van der Waals surface area contributed by atoms with E-state index in [1.54, 1.807) is 0 Å². The average molecular weight is 597 g/mol. The van der Waals surface area contributed by atoms with E-state index in [0.717, 1.165) is 0 Å². The largest absolute Gasteiger partial charge is 0.0622 e. The van der Waals surface area contributed by atoms with Crippen molar-refractivity contribution < 1.29 is 0 Å². The van der Waals surface area contributed by atoms with E-state index >= 15 is 0 Å². The summed E-state index contributed by atoms with van der Waals surface area (Å²) < 4.78 is 0. The quantitative estimate of drug-likeness (QED) is 0.141. The van der Waals surface area contributed by atoms with Crippen molar-refractivity contribution in [2.45, 2.75) is 19.3 Å². The highest BCUT2D eigenvalue weighted by molar-refractivity contribution is 6.23. The van der Waals surface area contributed by atoms with E-state index in [1.807, 2.05) is 0 Å². The molecular formula is C47H32. The molecule has 220 valence electrons. The van der Waals surface area contributed by atoms with Gasteiger partial charge in [-0.2, -0.15) is 0 Å². The lowest BCUT2D eigenvalue weighted by atomic mass is 9.79.